The van der Waals surface area contributed by atoms with Crippen LogP contribution >= 0.6 is 15.9 Å². The standard InChI is InChI=1S/C9H8BrN3/c1-6-4-9(13-12-6)8-3-2-7(10)5-11-8/h2-5H,1H3,(H,12,13). The Labute approximate surface area is 84.3 Å². The summed E-state index contributed by atoms with van der Waals surface area (Å²) in [4.78, 5) is 4.23. The summed E-state index contributed by atoms with van der Waals surface area (Å²) in [6, 6.07) is 5.85. The van der Waals surface area contributed by atoms with E-state index in [9.17, 15) is 0 Å². The van der Waals surface area contributed by atoms with E-state index in [1.54, 1.807) is 6.20 Å². The van der Waals surface area contributed by atoms with Crippen LogP contribution < -0.4 is 0 Å². The largest absolute Gasteiger partial charge is 0.282 e. The second kappa shape index (κ2) is 3.30. The van der Waals surface area contributed by atoms with Gasteiger partial charge in [-0.3, -0.25) is 10.1 Å². The van der Waals surface area contributed by atoms with E-state index in [-0.39, 0.29) is 0 Å². The quantitative estimate of drug-likeness (QED) is 0.829. The van der Waals surface area contributed by atoms with Crippen molar-refractivity contribution in [2.24, 2.45) is 0 Å². The summed E-state index contributed by atoms with van der Waals surface area (Å²) in [6.45, 7) is 1.97. The lowest BCUT2D eigenvalue weighted by Gasteiger charge is -1.93. The van der Waals surface area contributed by atoms with Gasteiger partial charge in [-0.2, -0.15) is 5.10 Å². The second-order valence-corrected chi connectivity index (χ2v) is 3.71. The van der Waals surface area contributed by atoms with Gasteiger partial charge in [-0.1, -0.05) is 0 Å². The molecule has 0 saturated carbocycles. The molecule has 0 spiro atoms. The van der Waals surface area contributed by atoms with Crippen molar-refractivity contribution in [1.82, 2.24) is 15.2 Å². The first kappa shape index (κ1) is 8.44. The maximum Gasteiger partial charge on any atom is 0.111 e. The monoisotopic (exact) mass is 237 g/mol. The number of nitrogens with zero attached hydrogens (tertiary/aromatic N) is 2. The highest BCUT2D eigenvalue weighted by Crippen LogP contribution is 2.16. The van der Waals surface area contributed by atoms with Crippen LogP contribution in [0, 0.1) is 6.92 Å². The Bertz CT molecular complexity index is 405. The zero-order valence-electron chi connectivity index (χ0n) is 7.08. The number of nitrogens with one attached hydrogen (secondary N) is 1. The van der Waals surface area contributed by atoms with Crippen LogP contribution in [0.1, 0.15) is 5.69 Å². The van der Waals surface area contributed by atoms with Crippen LogP contribution in [0.4, 0.5) is 0 Å². The number of aromatic amines is 1. The number of aryl methyl sites for hydroxylation is 1. The summed E-state index contributed by atoms with van der Waals surface area (Å²) in [7, 11) is 0. The smallest absolute Gasteiger partial charge is 0.111 e. The summed E-state index contributed by atoms with van der Waals surface area (Å²) in [5.41, 5.74) is 2.80. The molecule has 4 heteroatoms. The number of H-pyrrole nitrogens is 1. The molecule has 2 heterocycles. The molecule has 2 rings (SSSR count). The lowest BCUT2D eigenvalue weighted by atomic mass is 10.2. The van der Waals surface area contributed by atoms with Gasteiger partial charge >= 0.3 is 0 Å². The van der Waals surface area contributed by atoms with Crippen molar-refractivity contribution in [3.63, 3.8) is 0 Å². The fourth-order valence-corrected chi connectivity index (χ4v) is 1.31. The van der Waals surface area contributed by atoms with Crippen molar-refractivity contribution in [2.45, 2.75) is 6.92 Å². The third-order valence-electron chi connectivity index (χ3n) is 1.70. The van der Waals surface area contributed by atoms with Crippen molar-refractivity contribution in [1.29, 1.82) is 0 Å². The van der Waals surface area contributed by atoms with Gasteiger partial charge in [0, 0.05) is 16.4 Å². The van der Waals surface area contributed by atoms with Gasteiger partial charge in [0.05, 0.1) is 5.69 Å². The SMILES string of the molecule is Cc1cc(-c2ccc(Br)cn2)n[nH]1. The third-order valence-corrected chi connectivity index (χ3v) is 2.16. The molecule has 0 aliphatic carbocycles. The number of hydrogen-bond acceptors (Lipinski definition) is 2. The van der Waals surface area contributed by atoms with Gasteiger partial charge in [-0.15, -0.1) is 0 Å². The van der Waals surface area contributed by atoms with E-state index < -0.39 is 0 Å². The van der Waals surface area contributed by atoms with Crippen molar-refractivity contribution in [3.8, 4) is 11.4 Å². The molecule has 0 aliphatic heterocycles. The maximum atomic E-state index is 4.23. The lowest BCUT2D eigenvalue weighted by Crippen LogP contribution is -1.82. The number of halogens is 1. The van der Waals surface area contributed by atoms with E-state index >= 15 is 0 Å². The molecule has 0 atom stereocenters. The highest BCUT2D eigenvalue weighted by atomic mass is 79.9. The molecular weight excluding hydrogens is 230 g/mol. The first-order chi connectivity index (χ1) is 6.25. The molecule has 3 nitrogen and oxygen atoms in total. The van der Waals surface area contributed by atoms with Crippen molar-refractivity contribution in [2.75, 3.05) is 0 Å². The minimum atomic E-state index is 0.880. The summed E-state index contributed by atoms with van der Waals surface area (Å²) in [5.74, 6) is 0. The van der Waals surface area contributed by atoms with Crippen LogP contribution in [0.5, 0.6) is 0 Å². The van der Waals surface area contributed by atoms with Crippen LogP contribution in [0.3, 0.4) is 0 Å². The number of hydrogen-bond donors (Lipinski definition) is 1. The predicted molar refractivity (Wildman–Crippen MR) is 54.3 cm³/mol. The van der Waals surface area contributed by atoms with Gasteiger partial charge in [-0.25, -0.2) is 0 Å². The molecule has 0 aliphatic rings. The summed E-state index contributed by atoms with van der Waals surface area (Å²) < 4.78 is 0.975. The van der Waals surface area contributed by atoms with Gasteiger partial charge in [0.1, 0.15) is 5.69 Å². The van der Waals surface area contributed by atoms with Gasteiger partial charge in [0.15, 0.2) is 0 Å². The Balaban J connectivity index is 2.41. The Kier molecular flexibility index (Phi) is 2.14. The highest BCUT2D eigenvalue weighted by Gasteiger charge is 2.01. The maximum absolute atomic E-state index is 4.23. The van der Waals surface area contributed by atoms with E-state index in [2.05, 4.69) is 31.1 Å². The molecule has 66 valence electrons. The normalized spacial score (nSPS) is 10.3. The molecule has 1 N–H and O–H groups in total. The zero-order chi connectivity index (χ0) is 9.26. The Hall–Kier alpha value is -1.16. The van der Waals surface area contributed by atoms with Crippen LogP contribution in [-0.2, 0) is 0 Å². The third kappa shape index (κ3) is 1.78. The van der Waals surface area contributed by atoms with E-state index in [4.69, 9.17) is 0 Å². The first-order valence-electron chi connectivity index (χ1n) is 3.89. The van der Waals surface area contributed by atoms with Gasteiger partial charge in [-0.05, 0) is 41.1 Å². The summed E-state index contributed by atoms with van der Waals surface area (Å²) in [5, 5.41) is 6.99. The highest BCUT2D eigenvalue weighted by molar-refractivity contribution is 9.10. The average Bonchev–Trinajstić information content (AvgIpc) is 2.53. The number of pyridine rings is 1. The zero-order valence-corrected chi connectivity index (χ0v) is 8.67. The molecule has 0 saturated heterocycles. The summed E-state index contributed by atoms with van der Waals surface area (Å²) >= 11 is 3.33. The second-order valence-electron chi connectivity index (χ2n) is 2.80. The van der Waals surface area contributed by atoms with Gasteiger partial charge < -0.3 is 0 Å². The number of rotatable bonds is 1. The molecule has 0 radical (unpaired) electrons. The van der Waals surface area contributed by atoms with Crippen molar-refractivity contribution < 1.29 is 0 Å². The van der Waals surface area contributed by atoms with Crippen LogP contribution in [0.2, 0.25) is 0 Å². The van der Waals surface area contributed by atoms with E-state index in [1.807, 2.05) is 25.1 Å². The average molecular weight is 238 g/mol. The molecule has 0 amide bonds. The Morgan fingerprint density at radius 3 is 2.69 bits per heavy atom. The van der Waals surface area contributed by atoms with Crippen molar-refractivity contribution >= 4 is 15.9 Å². The van der Waals surface area contributed by atoms with Crippen molar-refractivity contribution in [3.05, 3.63) is 34.6 Å². The molecule has 0 fully saturated rings. The van der Waals surface area contributed by atoms with E-state index in [0.29, 0.717) is 0 Å². The van der Waals surface area contributed by atoms with Crippen LogP contribution in [-0.4, -0.2) is 15.2 Å². The fraction of sp³-hybridized carbons (Fsp3) is 0.111. The number of aromatic nitrogens is 3. The topological polar surface area (TPSA) is 41.6 Å². The molecule has 2 aromatic rings. The minimum Gasteiger partial charge on any atom is -0.282 e. The molecular formula is C9H8BrN3. The molecule has 13 heavy (non-hydrogen) atoms. The molecule has 0 bridgehead atoms. The van der Waals surface area contributed by atoms with Gasteiger partial charge in [0.25, 0.3) is 0 Å². The van der Waals surface area contributed by atoms with Gasteiger partial charge in [0.2, 0.25) is 0 Å². The van der Waals surface area contributed by atoms with Crippen LogP contribution in [0.25, 0.3) is 11.4 Å². The predicted octanol–water partition coefficient (Wildman–Crippen LogP) is 2.54. The Morgan fingerprint density at radius 1 is 1.31 bits per heavy atom. The molecule has 0 unspecified atom stereocenters. The fourth-order valence-electron chi connectivity index (χ4n) is 1.08. The Morgan fingerprint density at radius 2 is 2.15 bits per heavy atom. The van der Waals surface area contributed by atoms with E-state index in [1.165, 1.54) is 0 Å². The minimum absolute atomic E-state index is 0.880. The molecule has 2 aromatic heterocycles. The molecule has 0 aromatic carbocycles. The summed E-state index contributed by atoms with van der Waals surface area (Å²) in [6.07, 6.45) is 1.76. The first-order valence-corrected chi connectivity index (χ1v) is 4.69. The van der Waals surface area contributed by atoms with Crippen LogP contribution in [0.15, 0.2) is 28.9 Å². The lowest BCUT2D eigenvalue weighted by molar-refractivity contribution is 1.04. The van der Waals surface area contributed by atoms with E-state index in [0.717, 1.165) is 21.6 Å².